The topological polar surface area (TPSA) is 49.4 Å². The van der Waals surface area contributed by atoms with E-state index in [1.807, 2.05) is 12.2 Å². The van der Waals surface area contributed by atoms with Crippen molar-refractivity contribution in [3.8, 4) is 0 Å². The third-order valence-corrected chi connectivity index (χ3v) is 2.55. The van der Waals surface area contributed by atoms with E-state index in [0.717, 1.165) is 24.1 Å². The van der Waals surface area contributed by atoms with Crippen molar-refractivity contribution in [3.63, 3.8) is 0 Å². The van der Waals surface area contributed by atoms with Gasteiger partial charge in [0.15, 0.2) is 0 Å². The molecule has 0 amide bonds. The molecule has 96 valence electrons. The lowest BCUT2D eigenvalue weighted by Gasteiger charge is -2.30. The van der Waals surface area contributed by atoms with Gasteiger partial charge in [0.05, 0.1) is 44.7 Å². The zero-order valence-corrected chi connectivity index (χ0v) is 11.3. The van der Waals surface area contributed by atoms with Gasteiger partial charge in [-0.15, -0.1) is 0 Å². The predicted molar refractivity (Wildman–Crippen MR) is 67.4 cm³/mol. The van der Waals surface area contributed by atoms with Gasteiger partial charge in [0, 0.05) is 0 Å². The van der Waals surface area contributed by atoms with E-state index in [-0.39, 0.29) is 6.61 Å². The molecule has 0 aliphatic heterocycles. The molecule has 0 N–H and O–H groups in total. The quantitative estimate of drug-likeness (QED) is 0.391. The first-order chi connectivity index (χ1) is 7.45. The summed E-state index contributed by atoms with van der Waals surface area (Å²) in [5.74, 6) is 0. The maximum atomic E-state index is 9.38. The fourth-order valence-corrected chi connectivity index (χ4v) is 1.24. The predicted octanol–water partition coefficient (Wildman–Crippen LogP) is 1.64. The Bertz CT molecular complexity index is 209. The molecule has 0 fully saturated rings. The van der Waals surface area contributed by atoms with Gasteiger partial charge < -0.3 is 13.2 Å². The maximum absolute atomic E-state index is 9.38. The number of hydrogen-bond acceptors (Lipinski definition) is 3. The molecule has 1 atom stereocenters. The fraction of sp³-hybridized carbons (Fsp3) is 0.636. The van der Waals surface area contributed by atoms with Gasteiger partial charge in [-0.1, -0.05) is 13.2 Å². The minimum absolute atomic E-state index is 0.218. The molecule has 16 heavy (non-hydrogen) atoms. The van der Waals surface area contributed by atoms with Crippen LogP contribution in [0.15, 0.2) is 25.3 Å². The highest BCUT2D eigenvalue weighted by Gasteiger charge is 2.13. The van der Waals surface area contributed by atoms with E-state index in [4.69, 9.17) is 0 Å². The molecule has 4 nitrogen and oxygen atoms in total. The second kappa shape index (κ2) is 11.0. The number of likely N-dealkylation sites (N-methyl/N-ethyl adjacent to an activating group) is 1. The summed E-state index contributed by atoms with van der Waals surface area (Å²) >= 11 is -2.32. The van der Waals surface area contributed by atoms with Gasteiger partial charge >= 0.3 is 0 Å². The Labute approximate surface area is 102 Å². The number of rotatable bonds is 7. The van der Waals surface area contributed by atoms with E-state index in [1.54, 1.807) is 6.92 Å². The van der Waals surface area contributed by atoms with E-state index in [2.05, 4.69) is 31.3 Å². The molecule has 0 saturated carbocycles. The Morgan fingerprint density at radius 2 is 1.75 bits per heavy atom. The van der Waals surface area contributed by atoms with Crippen LogP contribution in [0.3, 0.4) is 0 Å². The van der Waals surface area contributed by atoms with Crippen LogP contribution in [0.1, 0.15) is 13.8 Å². The van der Waals surface area contributed by atoms with Crippen LogP contribution >= 0.6 is 0 Å². The van der Waals surface area contributed by atoms with Crippen molar-refractivity contribution in [2.24, 2.45) is 0 Å². The van der Waals surface area contributed by atoms with E-state index in [0.29, 0.717) is 0 Å². The monoisotopic (exact) mass is 249 g/mol. The molecule has 0 aromatic heterocycles. The summed E-state index contributed by atoms with van der Waals surface area (Å²) in [5, 5.41) is 0. The number of nitrogens with zero attached hydrogens (tertiary/aromatic N) is 1. The SMILES string of the molecule is C=CC[N+](C)(CC)CC=C.CCOS(=O)[O-]. The fourth-order valence-electron chi connectivity index (χ4n) is 1.05. The number of quaternary nitrogens is 1. The minimum Gasteiger partial charge on any atom is -0.750 e. The van der Waals surface area contributed by atoms with Gasteiger partial charge in [0.25, 0.3) is 0 Å². The van der Waals surface area contributed by atoms with Crippen LogP contribution in [-0.2, 0) is 15.5 Å². The molecule has 5 heteroatoms. The normalized spacial score (nSPS) is 12.2. The van der Waals surface area contributed by atoms with Crippen molar-refractivity contribution in [3.05, 3.63) is 25.3 Å². The van der Waals surface area contributed by atoms with Crippen LogP contribution in [-0.4, -0.2) is 46.5 Å². The largest absolute Gasteiger partial charge is 0.750 e. The molecule has 0 rings (SSSR count). The molecule has 0 radical (unpaired) electrons. The molecule has 0 aromatic carbocycles. The summed E-state index contributed by atoms with van der Waals surface area (Å²) < 4.78 is 23.7. The zero-order chi connectivity index (χ0) is 13.0. The summed E-state index contributed by atoms with van der Waals surface area (Å²) in [6.07, 6.45) is 3.93. The molecule has 1 unspecified atom stereocenters. The number of hydrogen-bond donors (Lipinski definition) is 0. The second-order valence-corrected chi connectivity index (χ2v) is 4.13. The van der Waals surface area contributed by atoms with Gasteiger partial charge in [-0.3, -0.25) is 0 Å². The maximum Gasteiger partial charge on any atom is 0.0971 e. The minimum atomic E-state index is -2.32. The molecule has 0 aromatic rings. The van der Waals surface area contributed by atoms with Crippen molar-refractivity contribution in [1.29, 1.82) is 0 Å². The van der Waals surface area contributed by atoms with E-state index >= 15 is 0 Å². The molecule has 0 aliphatic carbocycles. The molecular formula is C11H23NO3S. The summed E-state index contributed by atoms with van der Waals surface area (Å²) in [7, 11) is 2.21. The van der Waals surface area contributed by atoms with Crippen LogP contribution in [0.4, 0.5) is 0 Å². The van der Waals surface area contributed by atoms with Crippen molar-refractivity contribution in [2.45, 2.75) is 13.8 Å². The van der Waals surface area contributed by atoms with Crippen LogP contribution in [0.5, 0.6) is 0 Å². The van der Waals surface area contributed by atoms with Crippen LogP contribution in [0.25, 0.3) is 0 Å². The average Bonchev–Trinajstić information content (AvgIpc) is 2.19. The Balaban J connectivity index is 0. The first-order valence-electron chi connectivity index (χ1n) is 5.23. The highest BCUT2D eigenvalue weighted by molar-refractivity contribution is 7.74. The standard InChI is InChI=1S/C9H18N.C2H6O3S/c1-5-8-10(4,7-3)9-6-2;1-2-5-6(3)4/h5-6H,1-2,7-9H2,3-4H3;2H2,1H3,(H,3,4)/q+1;/p-1. The molecule has 0 bridgehead atoms. The van der Waals surface area contributed by atoms with Crippen LogP contribution in [0, 0.1) is 0 Å². The highest BCUT2D eigenvalue weighted by Crippen LogP contribution is 2.00. The van der Waals surface area contributed by atoms with Crippen LogP contribution in [0.2, 0.25) is 0 Å². The third kappa shape index (κ3) is 11.6. The second-order valence-electron chi connectivity index (χ2n) is 3.49. The lowest BCUT2D eigenvalue weighted by atomic mass is 10.3. The third-order valence-electron chi connectivity index (χ3n) is 2.12. The molecule has 0 spiro atoms. The van der Waals surface area contributed by atoms with Gasteiger partial charge in [0.2, 0.25) is 0 Å². The van der Waals surface area contributed by atoms with Gasteiger partial charge in [-0.05, 0) is 26.0 Å². The highest BCUT2D eigenvalue weighted by atomic mass is 32.2. The zero-order valence-electron chi connectivity index (χ0n) is 10.5. The molecular weight excluding hydrogens is 226 g/mol. The van der Waals surface area contributed by atoms with E-state index < -0.39 is 11.4 Å². The van der Waals surface area contributed by atoms with Crippen molar-refractivity contribution >= 4 is 11.4 Å². The van der Waals surface area contributed by atoms with E-state index in [9.17, 15) is 8.76 Å². The van der Waals surface area contributed by atoms with E-state index in [1.165, 1.54) is 0 Å². The smallest absolute Gasteiger partial charge is 0.0971 e. The summed E-state index contributed by atoms with van der Waals surface area (Å²) in [6.45, 7) is 14.7. The first kappa shape index (κ1) is 17.9. The van der Waals surface area contributed by atoms with Gasteiger partial charge in [-0.2, -0.15) is 0 Å². The van der Waals surface area contributed by atoms with Gasteiger partial charge in [-0.25, -0.2) is 4.21 Å². The van der Waals surface area contributed by atoms with Crippen LogP contribution < -0.4 is 0 Å². The Hall–Kier alpha value is -0.490. The molecule has 0 heterocycles. The lowest BCUT2D eigenvalue weighted by molar-refractivity contribution is -0.896. The molecule has 0 saturated heterocycles. The summed E-state index contributed by atoms with van der Waals surface area (Å²) in [4.78, 5) is 0. The Morgan fingerprint density at radius 1 is 1.31 bits per heavy atom. The molecule has 0 aliphatic rings. The van der Waals surface area contributed by atoms with Crippen molar-refractivity contribution in [1.82, 2.24) is 0 Å². The lowest BCUT2D eigenvalue weighted by Crippen LogP contribution is -2.43. The summed E-state index contributed by atoms with van der Waals surface area (Å²) in [6, 6.07) is 0. The van der Waals surface area contributed by atoms with Gasteiger partial charge in [0.1, 0.15) is 0 Å². The first-order valence-corrected chi connectivity index (χ1v) is 6.23. The van der Waals surface area contributed by atoms with Crippen molar-refractivity contribution < 1.29 is 17.4 Å². The summed E-state index contributed by atoms with van der Waals surface area (Å²) in [5.41, 5.74) is 0. The van der Waals surface area contributed by atoms with Crippen molar-refractivity contribution in [2.75, 3.05) is 33.3 Å². The Morgan fingerprint density at radius 3 is 1.88 bits per heavy atom. The average molecular weight is 249 g/mol. The Kier molecular flexibility index (Phi) is 12.3.